The van der Waals surface area contributed by atoms with E-state index in [-0.39, 0.29) is 6.17 Å². The first-order chi connectivity index (χ1) is 9.24. The minimum absolute atomic E-state index is 0.104. The fourth-order valence-corrected chi connectivity index (χ4v) is 2.87. The number of rotatable bonds is 9. The quantitative estimate of drug-likeness (QED) is 0.395. The molecule has 0 heterocycles. The summed E-state index contributed by atoms with van der Waals surface area (Å²) in [5, 5.41) is 4.53. The number of hydrazine groups is 1. The van der Waals surface area contributed by atoms with Crippen LogP contribution in [0.4, 0.5) is 0 Å². The van der Waals surface area contributed by atoms with Crippen LogP contribution in [0.25, 0.3) is 0 Å². The van der Waals surface area contributed by atoms with Crippen LogP contribution >= 0.6 is 0 Å². The third-order valence-electron chi connectivity index (χ3n) is 3.63. The molecule has 4 heteroatoms. The van der Waals surface area contributed by atoms with Crippen molar-refractivity contribution < 1.29 is 4.74 Å². The van der Waals surface area contributed by atoms with E-state index in [1.54, 1.807) is 7.11 Å². The monoisotopic (exact) mass is 267 g/mol. The fraction of sp³-hybridized carbons (Fsp3) is 0.733. The van der Waals surface area contributed by atoms with Crippen LogP contribution in [0.15, 0.2) is 25.3 Å². The molecule has 0 aromatic carbocycles. The van der Waals surface area contributed by atoms with Gasteiger partial charge in [0.1, 0.15) is 0 Å². The molecular formula is C15H29N3O. The molecule has 0 bridgehead atoms. The first-order valence-corrected chi connectivity index (χ1v) is 7.24. The van der Waals surface area contributed by atoms with Crippen LogP contribution < -0.4 is 5.73 Å². The van der Waals surface area contributed by atoms with E-state index in [2.05, 4.69) is 23.2 Å². The third kappa shape index (κ3) is 5.07. The highest BCUT2D eigenvalue weighted by molar-refractivity contribution is 4.84. The molecule has 110 valence electrons. The van der Waals surface area contributed by atoms with Gasteiger partial charge in [-0.15, -0.1) is 13.2 Å². The standard InChI is InChI=1S/C15H29N3O/c1-4-11-17(12-5-2)18(15(16)13-19-3)14-9-7-6-8-10-14/h4-5,14-15H,1-2,6-13,16H2,3H3. The van der Waals surface area contributed by atoms with Gasteiger partial charge in [0.25, 0.3) is 0 Å². The second kappa shape index (κ2) is 9.26. The Morgan fingerprint density at radius 1 is 1.21 bits per heavy atom. The number of nitrogens with two attached hydrogens (primary N) is 1. The molecule has 1 aliphatic rings. The highest BCUT2D eigenvalue weighted by Crippen LogP contribution is 2.25. The zero-order valence-electron chi connectivity index (χ0n) is 12.3. The molecule has 0 amide bonds. The molecule has 19 heavy (non-hydrogen) atoms. The molecule has 1 rings (SSSR count). The van der Waals surface area contributed by atoms with Crippen LogP contribution in [0.2, 0.25) is 0 Å². The first kappa shape index (κ1) is 16.4. The predicted molar refractivity (Wildman–Crippen MR) is 80.5 cm³/mol. The molecule has 4 nitrogen and oxygen atoms in total. The van der Waals surface area contributed by atoms with E-state index in [1.165, 1.54) is 32.1 Å². The lowest BCUT2D eigenvalue weighted by molar-refractivity contribution is -0.104. The van der Waals surface area contributed by atoms with E-state index in [0.29, 0.717) is 12.6 Å². The molecule has 0 radical (unpaired) electrons. The van der Waals surface area contributed by atoms with Gasteiger partial charge in [-0.05, 0) is 12.8 Å². The molecule has 0 aromatic heterocycles. The lowest BCUT2D eigenvalue weighted by Crippen LogP contribution is -2.59. The van der Waals surface area contributed by atoms with Gasteiger partial charge in [-0.2, -0.15) is 0 Å². The molecule has 0 saturated heterocycles. The first-order valence-electron chi connectivity index (χ1n) is 7.24. The normalized spacial score (nSPS) is 18.7. The van der Waals surface area contributed by atoms with Gasteiger partial charge < -0.3 is 10.5 Å². The van der Waals surface area contributed by atoms with Gasteiger partial charge >= 0.3 is 0 Å². The van der Waals surface area contributed by atoms with Crippen LogP contribution in [-0.2, 0) is 4.74 Å². The summed E-state index contributed by atoms with van der Waals surface area (Å²) in [6.45, 7) is 9.81. The Hall–Kier alpha value is -0.680. The summed E-state index contributed by atoms with van der Waals surface area (Å²) in [6, 6.07) is 0.513. The van der Waals surface area contributed by atoms with Crippen molar-refractivity contribution in [3.63, 3.8) is 0 Å². The summed E-state index contributed by atoms with van der Waals surface area (Å²) >= 11 is 0. The maximum Gasteiger partial charge on any atom is 0.0950 e. The summed E-state index contributed by atoms with van der Waals surface area (Å²) in [5.74, 6) is 0. The zero-order valence-corrected chi connectivity index (χ0v) is 12.3. The minimum Gasteiger partial charge on any atom is -0.382 e. The maximum atomic E-state index is 6.31. The lowest BCUT2D eigenvalue weighted by atomic mass is 9.94. The van der Waals surface area contributed by atoms with Gasteiger partial charge in [-0.25, -0.2) is 10.0 Å². The Morgan fingerprint density at radius 2 is 1.79 bits per heavy atom. The van der Waals surface area contributed by atoms with Gasteiger partial charge in [0.15, 0.2) is 0 Å². The average Bonchev–Trinajstić information content (AvgIpc) is 2.41. The van der Waals surface area contributed by atoms with E-state index in [9.17, 15) is 0 Å². The van der Waals surface area contributed by atoms with Crippen LogP contribution in [0.3, 0.4) is 0 Å². The van der Waals surface area contributed by atoms with Gasteiger partial charge in [0, 0.05) is 26.2 Å². The summed E-state index contributed by atoms with van der Waals surface area (Å²) in [7, 11) is 1.70. The Bertz CT molecular complexity index is 254. The number of ether oxygens (including phenoxy) is 1. The van der Waals surface area contributed by atoms with Crippen molar-refractivity contribution in [2.75, 3.05) is 26.8 Å². The van der Waals surface area contributed by atoms with E-state index < -0.39 is 0 Å². The summed E-state index contributed by atoms with van der Waals surface area (Å²) in [6.07, 6.45) is 10.1. The molecule has 0 aliphatic heterocycles. The Balaban J connectivity index is 2.79. The van der Waals surface area contributed by atoms with Crippen molar-refractivity contribution in [3.8, 4) is 0 Å². The Kier molecular flexibility index (Phi) is 7.98. The number of hydrogen-bond acceptors (Lipinski definition) is 4. The van der Waals surface area contributed by atoms with Crippen molar-refractivity contribution in [3.05, 3.63) is 25.3 Å². The van der Waals surface area contributed by atoms with Crippen molar-refractivity contribution in [1.82, 2.24) is 10.0 Å². The van der Waals surface area contributed by atoms with Crippen molar-refractivity contribution in [1.29, 1.82) is 0 Å². The maximum absolute atomic E-state index is 6.31. The van der Waals surface area contributed by atoms with Crippen molar-refractivity contribution in [2.45, 2.75) is 44.3 Å². The summed E-state index contributed by atoms with van der Waals surface area (Å²) in [5.41, 5.74) is 6.31. The van der Waals surface area contributed by atoms with Crippen molar-refractivity contribution in [2.24, 2.45) is 5.73 Å². The molecule has 0 spiro atoms. The van der Waals surface area contributed by atoms with Crippen LogP contribution in [0.1, 0.15) is 32.1 Å². The van der Waals surface area contributed by atoms with E-state index in [0.717, 1.165) is 13.1 Å². The van der Waals surface area contributed by atoms with E-state index >= 15 is 0 Å². The average molecular weight is 267 g/mol. The van der Waals surface area contributed by atoms with Gasteiger partial charge in [-0.3, -0.25) is 0 Å². The molecular weight excluding hydrogens is 238 g/mol. The van der Waals surface area contributed by atoms with Gasteiger partial charge in [0.2, 0.25) is 0 Å². The SMILES string of the molecule is C=CCN(CC=C)N(C(N)COC)C1CCCCC1. The fourth-order valence-electron chi connectivity index (χ4n) is 2.87. The highest BCUT2D eigenvalue weighted by Gasteiger charge is 2.29. The van der Waals surface area contributed by atoms with Gasteiger partial charge in [-0.1, -0.05) is 31.4 Å². The molecule has 1 saturated carbocycles. The number of methoxy groups -OCH3 is 1. The number of hydrogen-bond donors (Lipinski definition) is 1. The largest absolute Gasteiger partial charge is 0.382 e. The van der Waals surface area contributed by atoms with Crippen LogP contribution in [0, 0.1) is 0 Å². The van der Waals surface area contributed by atoms with Crippen LogP contribution in [-0.4, -0.2) is 49.0 Å². The highest BCUT2D eigenvalue weighted by atomic mass is 16.5. The lowest BCUT2D eigenvalue weighted by Gasteiger charge is -2.44. The van der Waals surface area contributed by atoms with Gasteiger partial charge in [0.05, 0.1) is 12.8 Å². The summed E-state index contributed by atoms with van der Waals surface area (Å²) in [4.78, 5) is 0. The van der Waals surface area contributed by atoms with Crippen molar-refractivity contribution >= 4 is 0 Å². The van der Waals surface area contributed by atoms with E-state index in [4.69, 9.17) is 10.5 Å². The second-order valence-corrected chi connectivity index (χ2v) is 5.14. The molecule has 1 aliphatic carbocycles. The number of nitrogens with zero attached hydrogens (tertiary/aromatic N) is 2. The molecule has 1 fully saturated rings. The van der Waals surface area contributed by atoms with E-state index in [1.807, 2.05) is 12.2 Å². The smallest absolute Gasteiger partial charge is 0.0950 e. The zero-order chi connectivity index (χ0) is 14.1. The third-order valence-corrected chi connectivity index (χ3v) is 3.63. The van der Waals surface area contributed by atoms with Crippen LogP contribution in [0.5, 0.6) is 0 Å². The minimum atomic E-state index is -0.104. The second-order valence-electron chi connectivity index (χ2n) is 5.14. The molecule has 1 unspecified atom stereocenters. The predicted octanol–water partition coefficient (Wildman–Crippen LogP) is 2.14. The molecule has 0 aromatic rings. The molecule has 2 N–H and O–H groups in total. The topological polar surface area (TPSA) is 41.7 Å². The summed E-state index contributed by atoms with van der Waals surface area (Å²) < 4.78 is 5.24. The Labute approximate surface area is 117 Å². The molecule has 1 atom stereocenters. The Morgan fingerprint density at radius 3 is 2.26 bits per heavy atom.